The van der Waals surface area contributed by atoms with E-state index in [-0.39, 0.29) is 0 Å². The van der Waals surface area contributed by atoms with Crippen molar-refractivity contribution in [1.82, 2.24) is 10.2 Å². The van der Waals surface area contributed by atoms with Gasteiger partial charge in [0.1, 0.15) is 0 Å². The molecule has 2 N–H and O–H groups in total. The fourth-order valence-electron chi connectivity index (χ4n) is 2.43. The van der Waals surface area contributed by atoms with Crippen molar-refractivity contribution >= 4 is 0 Å². The first-order chi connectivity index (χ1) is 7.88. The largest absolute Gasteiger partial charge is 0.395 e. The van der Waals surface area contributed by atoms with Gasteiger partial charge in [0.05, 0.1) is 6.61 Å². The van der Waals surface area contributed by atoms with E-state index in [1.807, 2.05) is 0 Å². The van der Waals surface area contributed by atoms with Crippen molar-refractivity contribution < 1.29 is 5.11 Å². The van der Waals surface area contributed by atoms with Crippen LogP contribution in [0.3, 0.4) is 0 Å². The molecular formula is C13H28N2O. The van der Waals surface area contributed by atoms with Crippen LogP contribution in [0.2, 0.25) is 0 Å². The quantitative estimate of drug-likeness (QED) is 0.650. The van der Waals surface area contributed by atoms with Crippen LogP contribution in [0, 0.1) is 0 Å². The molecule has 1 saturated heterocycles. The minimum absolute atomic E-state index is 0.326. The molecule has 0 saturated carbocycles. The predicted molar refractivity (Wildman–Crippen MR) is 68.7 cm³/mol. The van der Waals surface area contributed by atoms with Crippen LogP contribution < -0.4 is 5.32 Å². The molecule has 0 radical (unpaired) electrons. The number of aliphatic hydroxyl groups is 1. The van der Waals surface area contributed by atoms with Gasteiger partial charge in [0.15, 0.2) is 0 Å². The average molecular weight is 228 g/mol. The summed E-state index contributed by atoms with van der Waals surface area (Å²) < 4.78 is 0. The smallest absolute Gasteiger partial charge is 0.0586 e. The number of nitrogens with zero attached hydrogens (tertiary/aromatic N) is 1. The maximum atomic E-state index is 9.46. The topological polar surface area (TPSA) is 35.5 Å². The van der Waals surface area contributed by atoms with Crippen molar-refractivity contribution in [3.63, 3.8) is 0 Å². The Hall–Kier alpha value is -0.120. The summed E-state index contributed by atoms with van der Waals surface area (Å²) in [6, 6.07) is 0.400. The molecule has 3 heteroatoms. The maximum Gasteiger partial charge on any atom is 0.0586 e. The molecule has 0 aromatic rings. The number of nitrogens with one attached hydrogen (secondary N) is 1. The van der Waals surface area contributed by atoms with E-state index in [0.29, 0.717) is 12.6 Å². The molecule has 1 aliphatic heterocycles. The third-order valence-corrected chi connectivity index (χ3v) is 3.49. The van der Waals surface area contributed by atoms with Gasteiger partial charge in [-0.05, 0) is 25.9 Å². The van der Waals surface area contributed by atoms with E-state index >= 15 is 0 Å². The van der Waals surface area contributed by atoms with Crippen molar-refractivity contribution in [1.29, 1.82) is 0 Å². The second-order valence-electron chi connectivity index (χ2n) is 4.83. The van der Waals surface area contributed by atoms with Gasteiger partial charge < -0.3 is 10.4 Å². The molecule has 96 valence electrons. The first-order valence-corrected chi connectivity index (χ1v) is 6.94. The van der Waals surface area contributed by atoms with E-state index in [1.54, 1.807) is 0 Å². The van der Waals surface area contributed by atoms with E-state index in [4.69, 9.17) is 0 Å². The standard InChI is InChI=1S/C13H28N2O/c1-2-3-4-5-7-13(12-16)15-10-6-8-14-9-11-15/h13-14,16H,2-12H2,1H3. The highest BCUT2D eigenvalue weighted by Gasteiger charge is 2.18. The van der Waals surface area contributed by atoms with Crippen molar-refractivity contribution in [2.75, 3.05) is 32.8 Å². The lowest BCUT2D eigenvalue weighted by molar-refractivity contribution is 0.120. The molecule has 1 aliphatic rings. The summed E-state index contributed by atoms with van der Waals surface area (Å²) in [5, 5.41) is 12.9. The van der Waals surface area contributed by atoms with Gasteiger partial charge >= 0.3 is 0 Å². The molecule has 0 bridgehead atoms. The first kappa shape index (κ1) is 13.9. The van der Waals surface area contributed by atoms with Crippen LogP contribution in [-0.2, 0) is 0 Å². The highest BCUT2D eigenvalue weighted by Crippen LogP contribution is 2.12. The zero-order valence-electron chi connectivity index (χ0n) is 10.7. The predicted octanol–water partition coefficient (Wildman–Crippen LogP) is 1.61. The minimum atomic E-state index is 0.326. The van der Waals surface area contributed by atoms with Gasteiger partial charge in [-0.15, -0.1) is 0 Å². The van der Waals surface area contributed by atoms with Gasteiger partial charge in [-0.1, -0.05) is 32.6 Å². The number of hydrogen-bond acceptors (Lipinski definition) is 3. The molecule has 1 unspecified atom stereocenters. The normalized spacial score (nSPS) is 20.6. The molecule has 1 atom stereocenters. The van der Waals surface area contributed by atoms with Crippen LogP contribution in [-0.4, -0.2) is 48.8 Å². The molecule has 0 aromatic heterocycles. The van der Waals surface area contributed by atoms with Crippen LogP contribution >= 0.6 is 0 Å². The van der Waals surface area contributed by atoms with E-state index in [2.05, 4.69) is 17.1 Å². The summed E-state index contributed by atoms with van der Waals surface area (Å²) in [4.78, 5) is 2.46. The van der Waals surface area contributed by atoms with Gasteiger partial charge in [-0.2, -0.15) is 0 Å². The van der Waals surface area contributed by atoms with Crippen molar-refractivity contribution in [2.45, 2.75) is 51.5 Å². The molecule has 1 rings (SSSR count). The minimum Gasteiger partial charge on any atom is -0.395 e. The summed E-state index contributed by atoms with van der Waals surface area (Å²) in [6.45, 7) is 7.01. The number of rotatable bonds is 7. The lowest BCUT2D eigenvalue weighted by atomic mass is 10.1. The van der Waals surface area contributed by atoms with E-state index < -0.39 is 0 Å². The Morgan fingerprint density at radius 1 is 1.19 bits per heavy atom. The van der Waals surface area contributed by atoms with Gasteiger partial charge in [0.25, 0.3) is 0 Å². The monoisotopic (exact) mass is 228 g/mol. The lowest BCUT2D eigenvalue weighted by Crippen LogP contribution is -2.40. The Bertz CT molecular complexity index is 156. The number of unbranched alkanes of at least 4 members (excludes halogenated alkanes) is 3. The zero-order chi connectivity index (χ0) is 11.6. The SMILES string of the molecule is CCCCCCC(CO)N1CCCNCC1. The second-order valence-corrected chi connectivity index (χ2v) is 4.83. The Balaban J connectivity index is 2.22. The van der Waals surface area contributed by atoms with Crippen LogP contribution in [0.4, 0.5) is 0 Å². The zero-order valence-corrected chi connectivity index (χ0v) is 10.7. The van der Waals surface area contributed by atoms with Crippen molar-refractivity contribution in [3.05, 3.63) is 0 Å². The summed E-state index contributed by atoms with van der Waals surface area (Å²) in [5.74, 6) is 0. The summed E-state index contributed by atoms with van der Waals surface area (Å²) >= 11 is 0. The fourth-order valence-corrected chi connectivity index (χ4v) is 2.43. The van der Waals surface area contributed by atoms with Gasteiger partial charge in [-0.3, -0.25) is 4.90 Å². The maximum absolute atomic E-state index is 9.46. The highest BCUT2D eigenvalue weighted by molar-refractivity contribution is 4.74. The first-order valence-electron chi connectivity index (χ1n) is 6.94. The van der Waals surface area contributed by atoms with Gasteiger partial charge in [-0.25, -0.2) is 0 Å². The molecule has 16 heavy (non-hydrogen) atoms. The molecule has 3 nitrogen and oxygen atoms in total. The Kier molecular flexibility index (Phi) is 7.81. The third kappa shape index (κ3) is 5.28. The van der Waals surface area contributed by atoms with Crippen LogP contribution in [0.5, 0.6) is 0 Å². The molecular weight excluding hydrogens is 200 g/mol. The molecule has 1 fully saturated rings. The Morgan fingerprint density at radius 2 is 2.06 bits per heavy atom. The number of aliphatic hydroxyl groups excluding tert-OH is 1. The molecule has 1 heterocycles. The Labute approximate surface area is 100 Å². The Morgan fingerprint density at radius 3 is 2.81 bits per heavy atom. The summed E-state index contributed by atoms with van der Waals surface area (Å²) in [6.07, 6.45) is 7.58. The molecule has 0 aromatic carbocycles. The van der Waals surface area contributed by atoms with E-state index in [9.17, 15) is 5.11 Å². The fraction of sp³-hybridized carbons (Fsp3) is 1.00. The summed E-state index contributed by atoms with van der Waals surface area (Å²) in [7, 11) is 0. The van der Waals surface area contributed by atoms with Gasteiger partial charge in [0.2, 0.25) is 0 Å². The average Bonchev–Trinajstić information content (AvgIpc) is 2.58. The summed E-state index contributed by atoms with van der Waals surface area (Å²) in [5.41, 5.74) is 0. The molecule has 0 amide bonds. The van der Waals surface area contributed by atoms with E-state index in [1.165, 1.54) is 32.1 Å². The molecule has 0 spiro atoms. The third-order valence-electron chi connectivity index (χ3n) is 3.49. The molecule has 0 aliphatic carbocycles. The lowest BCUT2D eigenvalue weighted by Gasteiger charge is -2.28. The van der Waals surface area contributed by atoms with E-state index in [0.717, 1.165) is 32.6 Å². The highest BCUT2D eigenvalue weighted by atomic mass is 16.3. The van der Waals surface area contributed by atoms with Crippen molar-refractivity contribution in [2.24, 2.45) is 0 Å². The van der Waals surface area contributed by atoms with Crippen LogP contribution in [0.15, 0.2) is 0 Å². The van der Waals surface area contributed by atoms with Gasteiger partial charge in [0, 0.05) is 19.1 Å². The second kappa shape index (κ2) is 8.97. The van der Waals surface area contributed by atoms with Crippen LogP contribution in [0.1, 0.15) is 45.4 Å². The number of hydrogen-bond donors (Lipinski definition) is 2. The van der Waals surface area contributed by atoms with Crippen molar-refractivity contribution in [3.8, 4) is 0 Å². The van der Waals surface area contributed by atoms with Crippen LogP contribution in [0.25, 0.3) is 0 Å².